The van der Waals surface area contributed by atoms with Gasteiger partial charge in [0.2, 0.25) is 10.0 Å². The highest BCUT2D eigenvalue weighted by Gasteiger charge is 2.23. The fourth-order valence-corrected chi connectivity index (χ4v) is 2.09. The third-order valence-electron chi connectivity index (χ3n) is 1.62. The van der Waals surface area contributed by atoms with Gasteiger partial charge >= 0.3 is 0 Å². The Balaban J connectivity index is 4.71. The SMILES string of the molecule is C=CCN(CC=C)S(=O)(=O)C(C)C. The molecule has 76 valence electrons. The molecule has 0 amide bonds. The molecule has 13 heavy (non-hydrogen) atoms. The topological polar surface area (TPSA) is 37.4 Å². The second-order valence-electron chi connectivity index (χ2n) is 2.99. The minimum absolute atomic E-state index is 0.340. The van der Waals surface area contributed by atoms with E-state index in [0.29, 0.717) is 13.1 Å². The van der Waals surface area contributed by atoms with Gasteiger partial charge in [-0.2, -0.15) is 4.31 Å². The summed E-state index contributed by atoms with van der Waals surface area (Å²) < 4.78 is 24.6. The van der Waals surface area contributed by atoms with Gasteiger partial charge in [-0.15, -0.1) is 13.2 Å². The molecule has 0 aromatic heterocycles. The first-order valence-electron chi connectivity index (χ1n) is 4.17. The van der Waals surface area contributed by atoms with Gasteiger partial charge in [0, 0.05) is 13.1 Å². The van der Waals surface area contributed by atoms with E-state index >= 15 is 0 Å². The number of hydrogen-bond acceptors (Lipinski definition) is 2. The molecule has 0 saturated heterocycles. The first-order valence-corrected chi connectivity index (χ1v) is 5.67. The molecule has 0 aromatic carbocycles. The second-order valence-corrected chi connectivity index (χ2v) is 5.48. The van der Waals surface area contributed by atoms with Gasteiger partial charge in [0.05, 0.1) is 5.25 Å². The molecule has 0 fully saturated rings. The summed E-state index contributed by atoms with van der Waals surface area (Å²) in [5.41, 5.74) is 0. The first kappa shape index (κ1) is 12.4. The number of hydrogen-bond donors (Lipinski definition) is 0. The van der Waals surface area contributed by atoms with E-state index in [4.69, 9.17) is 0 Å². The van der Waals surface area contributed by atoms with Crippen LogP contribution in [0.5, 0.6) is 0 Å². The highest BCUT2D eigenvalue weighted by Crippen LogP contribution is 2.07. The van der Waals surface area contributed by atoms with Crippen LogP contribution in [-0.2, 0) is 10.0 Å². The lowest BCUT2D eigenvalue weighted by molar-refractivity contribution is 0.467. The predicted octanol–water partition coefficient (Wildman–Crippen LogP) is 1.40. The van der Waals surface area contributed by atoms with Crippen molar-refractivity contribution in [3.63, 3.8) is 0 Å². The van der Waals surface area contributed by atoms with Crippen LogP contribution in [0.25, 0.3) is 0 Å². The van der Waals surface area contributed by atoms with Crippen molar-refractivity contribution in [1.29, 1.82) is 0 Å². The van der Waals surface area contributed by atoms with Crippen molar-refractivity contribution in [3.8, 4) is 0 Å². The van der Waals surface area contributed by atoms with Crippen molar-refractivity contribution in [3.05, 3.63) is 25.3 Å². The van der Waals surface area contributed by atoms with Gasteiger partial charge in [-0.25, -0.2) is 8.42 Å². The Labute approximate surface area is 80.8 Å². The Morgan fingerprint density at radius 1 is 1.23 bits per heavy atom. The zero-order chi connectivity index (χ0) is 10.5. The normalized spacial score (nSPS) is 12.0. The Morgan fingerprint density at radius 3 is 1.85 bits per heavy atom. The monoisotopic (exact) mass is 203 g/mol. The van der Waals surface area contributed by atoms with Crippen LogP contribution in [0.15, 0.2) is 25.3 Å². The fraction of sp³-hybridized carbons (Fsp3) is 0.556. The molecule has 0 saturated carbocycles. The van der Waals surface area contributed by atoms with Gasteiger partial charge in [-0.1, -0.05) is 12.2 Å². The summed E-state index contributed by atoms with van der Waals surface area (Å²) in [6.45, 7) is 11.0. The molecule has 0 unspecified atom stereocenters. The maximum absolute atomic E-state index is 11.6. The van der Waals surface area contributed by atoms with Crippen LogP contribution in [0.3, 0.4) is 0 Å². The van der Waals surface area contributed by atoms with E-state index < -0.39 is 15.3 Å². The summed E-state index contributed by atoms with van der Waals surface area (Å²) in [6.07, 6.45) is 3.15. The third-order valence-corrected chi connectivity index (χ3v) is 3.83. The molecule has 0 aliphatic rings. The van der Waals surface area contributed by atoms with Crippen molar-refractivity contribution in [2.75, 3.05) is 13.1 Å². The van der Waals surface area contributed by atoms with Crippen LogP contribution < -0.4 is 0 Å². The van der Waals surface area contributed by atoms with E-state index in [2.05, 4.69) is 13.2 Å². The minimum atomic E-state index is -3.17. The van der Waals surface area contributed by atoms with Crippen molar-refractivity contribution < 1.29 is 8.42 Å². The zero-order valence-electron chi connectivity index (χ0n) is 8.23. The van der Waals surface area contributed by atoms with Gasteiger partial charge in [0.15, 0.2) is 0 Å². The smallest absolute Gasteiger partial charge is 0.212 e. The molecular formula is C9H17NO2S. The second kappa shape index (κ2) is 5.19. The zero-order valence-corrected chi connectivity index (χ0v) is 9.05. The van der Waals surface area contributed by atoms with E-state index in [-0.39, 0.29) is 0 Å². The van der Waals surface area contributed by atoms with Crippen LogP contribution >= 0.6 is 0 Å². The highest BCUT2D eigenvalue weighted by atomic mass is 32.2. The van der Waals surface area contributed by atoms with Crippen LogP contribution in [-0.4, -0.2) is 31.1 Å². The molecule has 0 aliphatic heterocycles. The van der Waals surface area contributed by atoms with Crippen LogP contribution in [0.2, 0.25) is 0 Å². The van der Waals surface area contributed by atoms with Crippen molar-refractivity contribution in [2.24, 2.45) is 0 Å². The average molecular weight is 203 g/mol. The van der Waals surface area contributed by atoms with Gasteiger partial charge in [0.1, 0.15) is 0 Å². The van der Waals surface area contributed by atoms with Crippen molar-refractivity contribution >= 4 is 10.0 Å². The molecule has 0 atom stereocenters. The summed E-state index contributed by atoms with van der Waals surface area (Å²) in [4.78, 5) is 0. The Morgan fingerprint density at radius 2 is 1.62 bits per heavy atom. The van der Waals surface area contributed by atoms with Crippen molar-refractivity contribution in [1.82, 2.24) is 4.31 Å². The lowest BCUT2D eigenvalue weighted by Crippen LogP contribution is -2.36. The Bertz CT molecular complexity index is 257. The molecule has 0 bridgehead atoms. The molecule has 0 rings (SSSR count). The fourth-order valence-electron chi connectivity index (χ4n) is 0.868. The molecular weight excluding hydrogens is 186 g/mol. The summed E-state index contributed by atoms with van der Waals surface area (Å²) in [6, 6.07) is 0. The van der Waals surface area contributed by atoms with Gasteiger partial charge in [0.25, 0.3) is 0 Å². The van der Waals surface area contributed by atoms with E-state index in [1.54, 1.807) is 26.0 Å². The average Bonchev–Trinajstić information content (AvgIpc) is 2.03. The lowest BCUT2D eigenvalue weighted by atomic mass is 10.5. The summed E-state index contributed by atoms with van der Waals surface area (Å²) in [5.74, 6) is 0. The summed E-state index contributed by atoms with van der Waals surface area (Å²) in [7, 11) is -3.17. The number of nitrogens with zero attached hydrogens (tertiary/aromatic N) is 1. The van der Waals surface area contributed by atoms with E-state index in [1.807, 2.05) is 0 Å². The molecule has 4 heteroatoms. The predicted molar refractivity (Wildman–Crippen MR) is 56.0 cm³/mol. The molecule has 0 aromatic rings. The number of rotatable bonds is 6. The quantitative estimate of drug-likeness (QED) is 0.612. The molecule has 0 aliphatic carbocycles. The molecule has 3 nitrogen and oxygen atoms in total. The molecule has 0 heterocycles. The van der Waals surface area contributed by atoms with Gasteiger partial charge in [-0.3, -0.25) is 0 Å². The minimum Gasteiger partial charge on any atom is -0.212 e. The standard InChI is InChI=1S/C9H17NO2S/c1-5-7-10(8-6-2)13(11,12)9(3)4/h5-6,9H,1-2,7-8H2,3-4H3. The van der Waals surface area contributed by atoms with Crippen LogP contribution in [0.4, 0.5) is 0 Å². The van der Waals surface area contributed by atoms with Crippen LogP contribution in [0.1, 0.15) is 13.8 Å². The van der Waals surface area contributed by atoms with E-state index in [9.17, 15) is 8.42 Å². The van der Waals surface area contributed by atoms with Gasteiger partial charge < -0.3 is 0 Å². The Hall–Kier alpha value is -0.610. The first-order chi connectivity index (χ1) is 5.96. The molecule has 0 N–H and O–H groups in total. The summed E-state index contributed by atoms with van der Waals surface area (Å²) in [5, 5.41) is -0.396. The Kier molecular flexibility index (Phi) is 4.95. The maximum atomic E-state index is 11.6. The highest BCUT2D eigenvalue weighted by molar-refractivity contribution is 7.89. The maximum Gasteiger partial charge on any atom is 0.217 e. The largest absolute Gasteiger partial charge is 0.217 e. The lowest BCUT2D eigenvalue weighted by Gasteiger charge is -2.21. The van der Waals surface area contributed by atoms with E-state index in [0.717, 1.165) is 0 Å². The van der Waals surface area contributed by atoms with Crippen molar-refractivity contribution in [2.45, 2.75) is 19.1 Å². The molecule has 0 radical (unpaired) electrons. The molecule has 0 spiro atoms. The van der Waals surface area contributed by atoms with E-state index in [1.165, 1.54) is 4.31 Å². The van der Waals surface area contributed by atoms with Gasteiger partial charge in [-0.05, 0) is 13.8 Å². The summed E-state index contributed by atoms with van der Waals surface area (Å²) >= 11 is 0. The van der Waals surface area contributed by atoms with Crippen LogP contribution in [0, 0.1) is 0 Å². The third kappa shape index (κ3) is 3.32. The number of sulfonamides is 1.